The van der Waals surface area contributed by atoms with Crippen LogP contribution >= 0.6 is 0 Å². The second-order valence-corrected chi connectivity index (χ2v) is 9.47. The molecule has 1 aliphatic heterocycles. The number of carbonyl (C=O) groups is 2. The number of amides is 2. The first kappa shape index (κ1) is 24.9. The summed E-state index contributed by atoms with van der Waals surface area (Å²) in [7, 11) is 0. The van der Waals surface area contributed by atoms with Crippen molar-refractivity contribution in [2.45, 2.75) is 51.9 Å². The third-order valence-corrected chi connectivity index (χ3v) is 7.08. The number of anilines is 1. The molecule has 1 aromatic carbocycles. The SMILES string of the molecule is CCN(CC)CC=CC(=O)N1CC=C(c2ccc(C(C)C(=O)Nc3cc(C4CC4)[nH]n3)cc2)CC1. The Bertz CT molecular complexity index is 1080. The smallest absolute Gasteiger partial charge is 0.246 e. The standard InChI is InChI=1S/C28H37N5O2/c1-4-32(5-2)16-6-7-27(34)33-17-14-23(15-18-33)22-10-8-21(9-11-22)20(3)28(35)29-26-19-25(30-31-26)24-12-13-24/h6-11,14,19-20,24H,4-5,12-13,15-18H2,1-3H3,(H2,29,30,31,35). The number of hydrogen-bond acceptors (Lipinski definition) is 4. The van der Waals surface area contributed by atoms with Crippen LogP contribution in [-0.4, -0.2) is 64.5 Å². The van der Waals surface area contributed by atoms with E-state index in [0.717, 1.165) is 42.9 Å². The van der Waals surface area contributed by atoms with Gasteiger partial charge in [-0.05, 0) is 56.0 Å². The third kappa shape index (κ3) is 6.48. The fourth-order valence-corrected chi connectivity index (χ4v) is 4.40. The lowest BCUT2D eigenvalue weighted by atomic mass is 9.94. The first-order valence-electron chi connectivity index (χ1n) is 12.8. The van der Waals surface area contributed by atoms with Gasteiger partial charge in [0.25, 0.3) is 0 Å². The number of H-pyrrole nitrogens is 1. The summed E-state index contributed by atoms with van der Waals surface area (Å²) in [6.07, 6.45) is 9.01. The van der Waals surface area contributed by atoms with Gasteiger partial charge in [0.2, 0.25) is 11.8 Å². The fraction of sp³-hybridized carbons (Fsp3) is 0.464. The lowest BCUT2D eigenvalue weighted by Crippen LogP contribution is -2.33. The van der Waals surface area contributed by atoms with Crippen molar-refractivity contribution in [3.8, 4) is 0 Å². The van der Waals surface area contributed by atoms with E-state index in [0.29, 0.717) is 24.8 Å². The van der Waals surface area contributed by atoms with Crippen LogP contribution in [0.1, 0.15) is 68.7 Å². The van der Waals surface area contributed by atoms with E-state index in [9.17, 15) is 9.59 Å². The molecule has 1 aliphatic carbocycles. The highest BCUT2D eigenvalue weighted by atomic mass is 16.2. The molecule has 2 aromatic rings. The summed E-state index contributed by atoms with van der Waals surface area (Å²) in [4.78, 5) is 29.4. The zero-order valence-electron chi connectivity index (χ0n) is 21.1. The predicted molar refractivity (Wildman–Crippen MR) is 140 cm³/mol. The Morgan fingerprint density at radius 2 is 1.97 bits per heavy atom. The summed E-state index contributed by atoms with van der Waals surface area (Å²) >= 11 is 0. The summed E-state index contributed by atoms with van der Waals surface area (Å²) in [5.74, 6) is 0.901. The molecule has 1 saturated carbocycles. The largest absolute Gasteiger partial charge is 0.335 e. The van der Waals surface area contributed by atoms with Crippen molar-refractivity contribution in [1.29, 1.82) is 0 Å². The number of rotatable bonds is 10. The summed E-state index contributed by atoms with van der Waals surface area (Å²) in [5, 5.41) is 10.2. The lowest BCUT2D eigenvalue weighted by Gasteiger charge is -2.26. The van der Waals surface area contributed by atoms with Crippen molar-refractivity contribution in [1.82, 2.24) is 20.0 Å². The molecular weight excluding hydrogens is 438 g/mol. The molecule has 0 radical (unpaired) electrons. The van der Waals surface area contributed by atoms with E-state index in [-0.39, 0.29) is 17.7 Å². The van der Waals surface area contributed by atoms with Crippen LogP contribution in [0.15, 0.2) is 48.6 Å². The molecule has 2 heterocycles. The minimum absolute atomic E-state index is 0.0633. The average molecular weight is 476 g/mol. The molecule has 1 fully saturated rings. The second-order valence-electron chi connectivity index (χ2n) is 9.47. The van der Waals surface area contributed by atoms with E-state index in [1.165, 1.54) is 18.4 Å². The summed E-state index contributed by atoms with van der Waals surface area (Å²) < 4.78 is 0. The van der Waals surface area contributed by atoms with Gasteiger partial charge in [-0.15, -0.1) is 0 Å². The highest BCUT2D eigenvalue weighted by Crippen LogP contribution is 2.39. The van der Waals surface area contributed by atoms with Crippen molar-refractivity contribution in [2.24, 2.45) is 0 Å². The number of nitrogens with zero attached hydrogens (tertiary/aromatic N) is 3. The number of aromatic nitrogens is 2. The van der Waals surface area contributed by atoms with Gasteiger partial charge in [0.1, 0.15) is 0 Å². The van der Waals surface area contributed by atoms with Crippen LogP contribution in [0.4, 0.5) is 5.82 Å². The number of hydrogen-bond donors (Lipinski definition) is 2. The zero-order chi connectivity index (χ0) is 24.8. The molecule has 2 N–H and O–H groups in total. The molecule has 1 unspecified atom stereocenters. The van der Waals surface area contributed by atoms with E-state index >= 15 is 0 Å². The lowest BCUT2D eigenvalue weighted by molar-refractivity contribution is -0.125. The molecule has 2 aliphatic rings. The van der Waals surface area contributed by atoms with Crippen molar-refractivity contribution in [2.75, 3.05) is 38.0 Å². The highest BCUT2D eigenvalue weighted by molar-refractivity contribution is 5.95. The molecule has 1 aromatic heterocycles. The van der Waals surface area contributed by atoms with Crippen molar-refractivity contribution in [3.63, 3.8) is 0 Å². The van der Waals surface area contributed by atoms with Gasteiger partial charge in [0.15, 0.2) is 5.82 Å². The summed E-state index contributed by atoms with van der Waals surface area (Å²) in [6, 6.07) is 10.1. The molecule has 1 atom stereocenters. The van der Waals surface area contributed by atoms with E-state index in [1.54, 1.807) is 6.08 Å². The van der Waals surface area contributed by atoms with Gasteiger partial charge in [-0.2, -0.15) is 5.10 Å². The molecule has 35 heavy (non-hydrogen) atoms. The minimum atomic E-state index is -0.276. The van der Waals surface area contributed by atoms with Crippen LogP contribution in [0.5, 0.6) is 0 Å². The first-order chi connectivity index (χ1) is 17.0. The number of likely N-dealkylation sites (N-methyl/N-ethyl adjacent to an activating group) is 1. The predicted octanol–water partition coefficient (Wildman–Crippen LogP) is 4.54. The Hall–Kier alpha value is -3.19. The molecule has 2 amide bonds. The Kier molecular flexibility index (Phi) is 8.18. The monoisotopic (exact) mass is 475 g/mol. The molecule has 7 heteroatoms. The number of nitrogens with one attached hydrogen (secondary N) is 2. The number of carbonyl (C=O) groups excluding carboxylic acids is 2. The quantitative estimate of drug-likeness (QED) is 0.494. The van der Waals surface area contributed by atoms with E-state index < -0.39 is 0 Å². The first-order valence-corrected chi connectivity index (χ1v) is 12.8. The van der Waals surface area contributed by atoms with Gasteiger partial charge in [-0.25, -0.2) is 0 Å². The van der Waals surface area contributed by atoms with Crippen molar-refractivity contribution in [3.05, 3.63) is 65.4 Å². The van der Waals surface area contributed by atoms with Crippen LogP contribution in [0.3, 0.4) is 0 Å². The number of benzene rings is 1. The zero-order valence-corrected chi connectivity index (χ0v) is 21.1. The molecule has 186 valence electrons. The number of aromatic amines is 1. The van der Waals surface area contributed by atoms with Gasteiger partial charge in [-0.3, -0.25) is 14.7 Å². The Labute approximate surface area is 208 Å². The summed E-state index contributed by atoms with van der Waals surface area (Å²) in [6.45, 7) is 10.3. The summed E-state index contributed by atoms with van der Waals surface area (Å²) in [5.41, 5.74) is 4.46. The van der Waals surface area contributed by atoms with Gasteiger partial charge in [0, 0.05) is 43.4 Å². The fourth-order valence-electron chi connectivity index (χ4n) is 4.40. The van der Waals surface area contributed by atoms with E-state index in [2.05, 4.69) is 52.5 Å². The van der Waals surface area contributed by atoms with Crippen LogP contribution in [0.2, 0.25) is 0 Å². The van der Waals surface area contributed by atoms with Crippen LogP contribution in [0.25, 0.3) is 5.57 Å². The maximum atomic E-state index is 12.7. The maximum Gasteiger partial charge on any atom is 0.246 e. The van der Waals surface area contributed by atoms with E-state index in [1.807, 2.05) is 36.1 Å². The average Bonchev–Trinajstić information content (AvgIpc) is 3.65. The van der Waals surface area contributed by atoms with Gasteiger partial charge in [0.05, 0.1) is 5.92 Å². The van der Waals surface area contributed by atoms with Crippen molar-refractivity contribution >= 4 is 23.2 Å². The Morgan fingerprint density at radius 3 is 2.60 bits per heavy atom. The highest BCUT2D eigenvalue weighted by Gasteiger charge is 2.26. The topological polar surface area (TPSA) is 81.3 Å². The van der Waals surface area contributed by atoms with Crippen molar-refractivity contribution < 1.29 is 9.59 Å². The maximum absolute atomic E-state index is 12.7. The van der Waals surface area contributed by atoms with Crippen LogP contribution in [0, 0.1) is 0 Å². The molecular formula is C28H37N5O2. The van der Waals surface area contributed by atoms with E-state index in [4.69, 9.17) is 0 Å². The van der Waals surface area contributed by atoms with Crippen LogP contribution in [-0.2, 0) is 9.59 Å². The minimum Gasteiger partial charge on any atom is -0.335 e. The second kappa shape index (κ2) is 11.5. The molecule has 4 rings (SSSR count). The molecule has 0 spiro atoms. The molecule has 7 nitrogen and oxygen atoms in total. The Morgan fingerprint density at radius 1 is 1.23 bits per heavy atom. The van der Waals surface area contributed by atoms with Gasteiger partial charge < -0.3 is 15.1 Å². The van der Waals surface area contributed by atoms with Gasteiger partial charge >= 0.3 is 0 Å². The molecule has 0 saturated heterocycles. The normalized spacial score (nSPS) is 17.0. The Balaban J connectivity index is 1.29. The van der Waals surface area contributed by atoms with Crippen LogP contribution < -0.4 is 5.32 Å². The third-order valence-electron chi connectivity index (χ3n) is 7.08. The van der Waals surface area contributed by atoms with Gasteiger partial charge in [-0.1, -0.05) is 50.3 Å². The molecule has 0 bridgehead atoms.